The standard InChI is InChI=1S/C11H18N2O2/c1-8(14)7-10-12-11(15-13-10)9-5-3-2-4-6-9/h8-9,14H,2-7H2,1H3. The van der Waals surface area contributed by atoms with Crippen molar-refractivity contribution in [3.05, 3.63) is 11.7 Å². The molecule has 1 aromatic rings. The third-order valence-electron chi connectivity index (χ3n) is 2.92. The second-order valence-corrected chi connectivity index (χ2v) is 4.44. The summed E-state index contributed by atoms with van der Waals surface area (Å²) < 4.78 is 5.23. The fourth-order valence-corrected chi connectivity index (χ4v) is 2.13. The summed E-state index contributed by atoms with van der Waals surface area (Å²) in [5.41, 5.74) is 0. The maximum absolute atomic E-state index is 9.20. The van der Waals surface area contributed by atoms with E-state index in [0.717, 1.165) is 18.7 Å². The van der Waals surface area contributed by atoms with Gasteiger partial charge in [-0.05, 0) is 19.8 Å². The lowest BCUT2D eigenvalue weighted by molar-refractivity contribution is 0.191. The van der Waals surface area contributed by atoms with Crippen molar-refractivity contribution in [3.63, 3.8) is 0 Å². The van der Waals surface area contributed by atoms with Crippen LogP contribution in [-0.4, -0.2) is 21.4 Å². The summed E-state index contributed by atoms with van der Waals surface area (Å²) in [6, 6.07) is 0. The third kappa shape index (κ3) is 2.78. The Morgan fingerprint density at radius 2 is 2.13 bits per heavy atom. The highest BCUT2D eigenvalue weighted by molar-refractivity contribution is 4.96. The van der Waals surface area contributed by atoms with Crippen LogP contribution >= 0.6 is 0 Å². The average molecular weight is 210 g/mol. The summed E-state index contributed by atoms with van der Waals surface area (Å²) in [6.45, 7) is 1.73. The van der Waals surface area contributed by atoms with Gasteiger partial charge in [-0.2, -0.15) is 4.98 Å². The highest BCUT2D eigenvalue weighted by atomic mass is 16.5. The molecule has 1 fully saturated rings. The van der Waals surface area contributed by atoms with Crippen molar-refractivity contribution in [2.24, 2.45) is 0 Å². The van der Waals surface area contributed by atoms with Crippen molar-refractivity contribution in [2.45, 2.75) is 57.5 Å². The molecule has 15 heavy (non-hydrogen) atoms. The van der Waals surface area contributed by atoms with Crippen LogP contribution in [0.1, 0.15) is 56.7 Å². The van der Waals surface area contributed by atoms with Crippen molar-refractivity contribution in [1.29, 1.82) is 0 Å². The molecule has 0 spiro atoms. The molecule has 0 aromatic carbocycles. The van der Waals surface area contributed by atoms with Crippen LogP contribution in [0.5, 0.6) is 0 Å². The molecule has 0 saturated heterocycles. The minimum Gasteiger partial charge on any atom is -0.393 e. The molecule has 1 unspecified atom stereocenters. The lowest BCUT2D eigenvalue weighted by atomic mass is 9.89. The van der Waals surface area contributed by atoms with Gasteiger partial charge in [0.05, 0.1) is 6.10 Å². The number of nitrogens with zero attached hydrogens (tertiary/aromatic N) is 2. The highest BCUT2D eigenvalue weighted by Gasteiger charge is 2.21. The zero-order valence-corrected chi connectivity index (χ0v) is 9.15. The molecule has 1 saturated carbocycles. The number of hydrogen-bond donors (Lipinski definition) is 1. The van der Waals surface area contributed by atoms with Crippen LogP contribution in [0.2, 0.25) is 0 Å². The maximum atomic E-state index is 9.20. The van der Waals surface area contributed by atoms with E-state index < -0.39 is 6.10 Å². The summed E-state index contributed by atoms with van der Waals surface area (Å²) >= 11 is 0. The zero-order chi connectivity index (χ0) is 10.7. The SMILES string of the molecule is CC(O)Cc1noc(C2CCCCC2)n1. The van der Waals surface area contributed by atoms with Crippen LogP contribution in [0.15, 0.2) is 4.52 Å². The van der Waals surface area contributed by atoms with Gasteiger partial charge in [-0.25, -0.2) is 0 Å². The van der Waals surface area contributed by atoms with E-state index in [9.17, 15) is 5.11 Å². The summed E-state index contributed by atoms with van der Waals surface area (Å²) in [4.78, 5) is 4.34. The van der Waals surface area contributed by atoms with E-state index in [0.29, 0.717) is 18.2 Å². The quantitative estimate of drug-likeness (QED) is 0.829. The predicted octanol–water partition coefficient (Wildman–Crippen LogP) is 2.04. The number of hydrogen-bond acceptors (Lipinski definition) is 4. The van der Waals surface area contributed by atoms with Gasteiger partial charge in [0.25, 0.3) is 0 Å². The molecule has 1 N–H and O–H groups in total. The summed E-state index contributed by atoms with van der Waals surface area (Å²) in [5.74, 6) is 1.85. The van der Waals surface area contributed by atoms with Gasteiger partial charge in [-0.1, -0.05) is 24.4 Å². The summed E-state index contributed by atoms with van der Waals surface area (Å²) in [6.07, 6.45) is 6.26. The first-order chi connectivity index (χ1) is 7.25. The van der Waals surface area contributed by atoms with Crippen molar-refractivity contribution in [3.8, 4) is 0 Å². The van der Waals surface area contributed by atoms with Crippen LogP contribution in [-0.2, 0) is 6.42 Å². The van der Waals surface area contributed by atoms with E-state index in [1.165, 1.54) is 19.3 Å². The topological polar surface area (TPSA) is 59.2 Å². The number of aromatic nitrogens is 2. The Balaban J connectivity index is 1.99. The van der Waals surface area contributed by atoms with Crippen molar-refractivity contribution in [1.82, 2.24) is 10.1 Å². The Labute approximate surface area is 89.7 Å². The Morgan fingerprint density at radius 3 is 2.80 bits per heavy atom. The molecule has 1 atom stereocenters. The summed E-state index contributed by atoms with van der Waals surface area (Å²) in [7, 11) is 0. The van der Waals surface area contributed by atoms with E-state index >= 15 is 0 Å². The van der Waals surface area contributed by atoms with Gasteiger partial charge in [0, 0.05) is 12.3 Å². The predicted molar refractivity (Wildman–Crippen MR) is 55.5 cm³/mol. The van der Waals surface area contributed by atoms with Gasteiger partial charge in [-0.3, -0.25) is 0 Å². The minimum atomic E-state index is -0.401. The van der Waals surface area contributed by atoms with Gasteiger partial charge in [0.15, 0.2) is 5.82 Å². The molecule has 1 heterocycles. The molecule has 1 aromatic heterocycles. The Bertz CT molecular complexity index is 303. The van der Waals surface area contributed by atoms with Crippen molar-refractivity contribution >= 4 is 0 Å². The molecule has 4 heteroatoms. The molecule has 0 bridgehead atoms. The molecular weight excluding hydrogens is 192 g/mol. The van der Waals surface area contributed by atoms with Crippen LogP contribution < -0.4 is 0 Å². The molecule has 1 aliphatic carbocycles. The molecular formula is C11H18N2O2. The maximum Gasteiger partial charge on any atom is 0.229 e. The van der Waals surface area contributed by atoms with E-state index in [1.54, 1.807) is 6.92 Å². The zero-order valence-electron chi connectivity index (χ0n) is 9.15. The van der Waals surface area contributed by atoms with Crippen LogP contribution in [0.4, 0.5) is 0 Å². The first kappa shape index (κ1) is 10.6. The Morgan fingerprint density at radius 1 is 1.40 bits per heavy atom. The van der Waals surface area contributed by atoms with Gasteiger partial charge in [-0.15, -0.1) is 0 Å². The van der Waals surface area contributed by atoms with E-state index in [2.05, 4.69) is 10.1 Å². The normalized spacial score (nSPS) is 20.4. The molecule has 0 radical (unpaired) electrons. The first-order valence-corrected chi connectivity index (χ1v) is 5.76. The molecule has 4 nitrogen and oxygen atoms in total. The second-order valence-electron chi connectivity index (χ2n) is 4.44. The minimum absolute atomic E-state index is 0.401. The average Bonchev–Trinajstić information content (AvgIpc) is 2.67. The highest BCUT2D eigenvalue weighted by Crippen LogP contribution is 2.31. The largest absolute Gasteiger partial charge is 0.393 e. The monoisotopic (exact) mass is 210 g/mol. The smallest absolute Gasteiger partial charge is 0.229 e. The fraction of sp³-hybridized carbons (Fsp3) is 0.818. The van der Waals surface area contributed by atoms with E-state index in [-0.39, 0.29) is 0 Å². The molecule has 0 aliphatic heterocycles. The van der Waals surface area contributed by atoms with Gasteiger partial charge < -0.3 is 9.63 Å². The van der Waals surface area contributed by atoms with Crippen molar-refractivity contribution in [2.75, 3.05) is 0 Å². The third-order valence-corrected chi connectivity index (χ3v) is 2.92. The van der Waals surface area contributed by atoms with E-state index in [4.69, 9.17) is 4.52 Å². The summed E-state index contributed by atoms with van der Waals surface area (Å²) in [5, 5.41) is 13.1. The number of rotatable bonds is 3. The first-order valence-electron chi connectivity index (χ1n) is 5.76. The molecule has 2 rings (SSSR count). The van der Waals surface area contributed by atoms with Crippen LogP contribution in [0.25, 0.3) is 0 Å². The lowest BCUT2D eigenvalue weighted by Crippen LogP contribution is -2.07. The van der Waals surface area contributed by atoms with E-state index in [1.807, 2.05) is 0 Å². The fourth-order valence-electron chi connectivity index (χ4n) is 2.13. The van der Waals surface area contributed by atoms with Crippen LogP contribution in [0, 0.1) is 0 Å². The second kappa shape index (κ2) is 4.75. The molecule has 84 valence electrons. The van der Waals surface area contributed by atoms with Gasteiger partial charge in [0.2, 0.25) is 5.89 Å². The lowest BCUT2D eigenvalue weighted by Gasteiger charge is -2.17. The molecule has 0 amide bonds. The van der Waals surface area contributed by atoms with Crippen LogP contribution in [0.3, 0.4) is 0 Å². The van der Waals surface area contributed by atoms with Crippen molar-refractivity contribution < 1.29 is 9.63 Å². The number of aliphatic hydroxyl groups is 1. The van der Waals surface area contributed by atoms with Gasteiger partial charge in [0.1, 0.15) is 0 Å². The molecule has 1 aliphatic rings. The number of aliphatic hydroxyl groups excluding tert-OH is 1. The van der Waals surface area contributed by atoms with Gasteiger partial charge >= 0.3 is 0 Å². The Kier molecular flexibility index (Phi) is 3.36. The Hall–Kier alpha value is -0.900.